The molecule has 0 aliphatic rings. The minimum atomic E-state index is -4.71. The standard InChI is InChI=1S/C27H23F3N4O4/c1-26(2,3)38-25(37)34-21-10-8-19(27(28,29)30)12-22(21)33-24(36)13-23(35)17-6-4-5-16(11-17)18-7-9-20(14-31)32-15-18/h4-12,15H,13H2,1-3H3,(H,33,36)(H,34,37). The minimum absolute atomic E-state index is 0.136. The number of alkyl halides is 3. The Morgan fingerprint density at radius 3 is 2.29 bits per heavy atom. The van der Waals surface area contributed by atoms with Crippen LogP contribution >= 0.6 is 0 Å². The Kier molecular flexibility index (Phi) is 8.16. The number of nitrogens with zero attached hydrogens (tertiary/aromatic N) is 2. The number of ketones is 1. The molecule has 0 radical (unpaired) electrons. The average Bonchev–Trinajstić information content (AvgIpc) is 2.83. The van der Waals surface area contributed by atoms with Crippen LogP contribution in [0.2, 0.25) is 0 Å². The van der Waals surface area contributed by atoms with E-state index in [1.807, 2.05) is 6.07 Å². The predicted molar refractivity (Wildman–Crippen MR) is 133 cm³/mol. The van der Waals surface area contributed by atoms with E-state index in [1.165, 1.54) is 18.3 Å². The fraction of sp³-hybridized carbons (Fsp3) is 0.222. The molecular formula is C27H23F3N4O4. The highest BCUT2D eigenvalue weighted by Gasteiger charge is 2.31. The number of anilines is 2. The molecular weight excluding hydrogens is 501 g/mol. The lowest BCUT2D eigenvalue weighted by atomic mass is 10.0. The number of carbonyl (C=O) groups excluding carboxylic acids is 3. The van der Waals surface area contributed by atoms with Crippen molar-refractivity contribution in [2.75, 3.05) is 10.6 Å². The van der Waals surface area contributed by atoms with E-state index in [9.17, 15) is 27.6 Å². The highest BCUT2D eigenvalue weighted by Crippen LogP contribution is 2.34. The third-order valence-electron chi connectivity index (χ3n) is 4.97. The molecule has 196 valence electrons. The van der Waals surface area contributed by atoms with Gasteiger partial charge in [-0.05, 0) is 62.7 Å². The summed E-state index contributed by atoms with van der Waals surface area (Å²) in [4.78, 5) is 41.6. The maximum absolute atomic E-state index is 13.3. The van der Waals surface area contributed by atoms with Crippen molar-refractivity contribution >= 4 is 29.2 Å². The summed E-state index contributed by atoms with van der Waals surface area (Å²) < 4.78 is 44.9. The zero-order valence-corrected chi connectivity index (χ0v) is 20.6. The molecule has 11 heteroatoms. The Morgan fingerprint density at radius 1 is 0.947 bits per heavy atom. The van der Waals surface area contributed by atoms with Gasteiger partial charge in [0.25, 0.3) is 0 Å². The molecule has 0 saturated carbocycles. The zero-order valence-electron chi connectivity index (χ0n) is 20.6. The zero-order chi connectivity index (χ0) is 28.1. The molecule has 3 aromatic rings. The van der Waals surface area contributed by atoms with Crippen LogP contribution in [0.25, 0.3) is 11.1 Å². The number of halogens is 3. The van der Waals surface area contributed by atoms with Crippen LogP contribution in [0.3, 0.4) is 0 Å². The van der Waals surface area contributed by atoms with Crippen molar-refractivity contribution in [1.29, 1.82) is 5.26 Å². The predicted octanol–water partition coefficient (Wildman–Crippen LogP) is 6.20. The molecule has 1 heterocycles. The van der Waals surface area contributed by atoms with Gasteiger partial charge in [0.2, 0.25) is 5.91 Å². The summed E-state index contributed by atoms with van der Waals surface area (Å²) in [6.07, 6.45) is -4.84. The van der Waals surface area contributed by atoms with Gasteiger partial charge in [-0.1, -0.05) is 18.2 Å². The fourth-order valence-corrected chi connectivity index (χ4v) is 3.29. The average molecular weight is 524 g/mol. The van der Waals surface area contributed by atoms with E-state index in [2.05, 4.69) is 15.6 Å². The monoisotopic (exact) mass is 524 g/mol. The molecule has 2 aromatic carbocycles. The van der Waals surface area contributed by atoms with Crippen molar-refractivity contribution in [2.24, 2.45) is 0 Å². The first-order valence-corrected chi connectivity index (χ1v) is 11.3. The summed E-state index contributed by atoms with van der Waals surface area (Å²) in [5, 5.41) is 13.5. The maximum atomic E-state index is 13.3. The number of amides is 2. The van der Waals surface area contributed by atoms with Crippen LogP contribution in [0.1, 0.15) is 48.8 Å². The molecule has 2 N–H and O–H groups in total. The van der Waals surface area contributed by atoms with Gasteiger partial charge in [-0.2, -0.15) is 18.4 Å². The highest BCUT2D eigenvalue weighted by atomic mass is 19.4. The topological polar surface area (TPSA) is 121 Å². The van der Waals surface area contributed by atoms with E-state index in [-0.39, 0.29) is 22.6 Å². The summed E-state index contributed by atoms with van der Waals surface area (Å²) in [6, 6.07) is 13.8. The van der Waals surface area contributed by atoms with Gasteiger partial charge < -0.3 is 10.1 Å². The van der Waals surface area contributed by atoms with Crippen LogP contribution in [0.4, 0.5) is 29.3 Å². The van der Waals surface area contributed by atoms with Gasteiger partial charge in [-0.15, -0.1) is 0 Å². The van der Waals surface area contributed by atoms with Crippen LogP contribution in [0.15, 0.2) is 60.8 Å². The molecule has 0 unspecified atom stereocenters. The quantitative estimate of drug-likeness (QED) is 0.293. The second-order valence-corrected chi connectivity index (χ2v) is 9.16. The Labute approximate surface area is 216 Å². The van der Waals surface area contributed by atoms with Crippen LogP contribution in [0, 0.1) is 11.3 Å². The molecule has 0 fully saturated rings. The van der Waals surface area contributed by atoms with Crippen LogP contribution in [-0.4, -0.2) is 28.4 Å². The number of Topliss-reactive ketones (excluding diaryl/α,β-unsaturated/α-hetero) is 1. The second-order valence-electron chi connectivity index (χ2n) is 9.16. The first kappa shape index (κ1) is 27.9. The molecule has 38 heavy (non-hydrogen) atoms. The Hall–Kier alpha value is -4.72. The van der Waals surface area contributed by atoms with Crippen molar-refractivity contribution < 1.29 is 32.3 Å². The highest BCUT2D eigenvalue weighted by molar-refractivity contribution is 6.12. The molecule has 1 aromatic heterocycles. The van der Waals surface area contributed by atoms with Crippen LogP contribution in [0.5, 0.6) is 0 Å². The van der Waals surface area contributed by atoms with Crippen LogP contribution < -0.4 is 10.6 Å². The first-order valence-electron chi connectivity index (χ1n) is 11.3. The largest absolute Gasteiger partial charge is 0.444 e. The van der Waals surface area contributed by atoms with Crippen molar-refractivity contribution in [2.45, 2.75) is 39.0 Å². The number of benzene rings is 2. The van der Waals surface area contributed by atoms with E-state index < -0.39 is 41.5 Å². The van der Waals surface area contributed by atoms with Crippen molar-refractivity contribution in [3.05, 3.63) is 77.6 Å². The van der Waals surface area contributed by atoms with E-state index in [4.69, 9.17) is 10.00 Å². The summed E-state index contributed by atoms with van der Waals surface area (Å²) in [6.45, 7) is 4.83. The lowest BCUT2D eigenvalue weighted by Crippen LogP contribution is -2.28. The Balaban J connectivity index is 1.79. The van der Waals surface area contributed by atoms with Gasteiger partial charge in [0.1, 0.15) is 17.4 Å². The molecule has 0 bridgehead atoms. The number of rotatable bonds is 6. The van der Waals surface area contributed by atoms with E-state index in [0.717, 1.165) is 12.1 Å². The number of aromatic nitrogens is 1. The van der Waals surface area contributed by atoms with E-state index >= 15 is 0 Å². The SMILES string of the molecule is CC(C)(C)OC(=O)Nc1ccc(C(F)(F)F)cc1NC(=O)CC(=O)c1cccc(-c2ccc(C#N)nc2)c1. The maximum Gasteiger partial charge on any atom is 0.416 e. The third kappa shape index (κ3) is 7.64. The van der Waals surface area contributed by atoms with E-state index in [1.54, 1.807) is 45.0 Å². The van der Waals surface area contributed by atoms with Crippen molar-refractivity contribution in [1.82, 2.24) is 4.98 Å². The summed E-state index contributed by atoms with van der Waals surface area (Å²) in [5.41, 5.74) is -0.721. The number of nitriles is 1. The van der Waals surface area contributed by atoms with Gasteiger partial charge in [0.15, 0.2) is 5.78 Å². The fourth-order valence-electron chi connectivity index (χ4n) is 3.29. The lowest BCUT2D eigenvalue weighted by molar-refractivity contribution is -0.137. The Bertz CT molecular complexity index is 1410. The summed E-state index contributed by atoms with van der Waals surface area (Å²) in [7, 11) is 0. The Morgan fingerprint density at radius 2 is 1.68 bits per heavy atom. The van der Waals surface area contributed by atoms with Crippen molar-refractivity contribution in [3.8, 4) is 17.2 Å². The van der Waals surface area contributed by atoms with Crippen LogP contribution in [-0.2, 0) is 15.7 Å². The smallest absolute Gasteiger partial charge is 0.416 e. The number of carbonyl (C=O) groups is 3. The minimum Gasteiger partial charge on any atom is -0.444 e. The molecule has 8 nitrogen and oxygen atoms in total. The van der Waals surface area contributed by atoms with Gasteiger partial charge in [0, 0.05) is 17.3 Å². The molecule has 2 amide bonds. The number of pyridine rings is 1. The number of ether oxygens (including phenoxy) is 1. The van der Waals surface area contributed by atoms with E-state index in [0.29, 0.717) is 17.2 Å². The number of hydrogen-bond donors (Lipinski definition) is 2. The number of nitrogens with one attached hydrogen (secondary N) is 2. The van der Waals surface area contributed by atoms with Gasteiger partial charge in [-0.3, -0.25) is 14.9 Å². The number of hydrogen-bond acceptors (Lipinski definition) is 6. The molecule has 0 atom stereocenters. The van der Waals surface area contributed by atoms with Gasteiger partial charge >= 0.3 is 12.3 Å². The molecule has 3 rings (SSSR count). The van der Waals surface area contributed by atoms with Gasteiger partial charge in [0.05, 0.1) is 23.4 Å². The third-order valence-corrected chi connectivity index (χ3v) is 4.97. The lowest BCUT2D eigenvalue weighted by Gasteiger charge is -2.21. The van der Waals surface area contributed by atoms with Gasteiger partial charge in [-0.25, -0.2) is 9.78 Å². The molecule has 0 aliphatic carbocycles. The normalized spacial score (nSPS) is 11.3. The molecule has 0 spiro atoms. The molecule has 0 saturated heterocycles. The first-order chi connectivity index (χ1) is 17.7. The second kappa shape index (κ2) is 11.1. The summed E-state index contributed by atoms with van der Waals surface area (Å²) >= 11 is 0. The van der Waals surface area contributed by atoms with Crippen molar-refractivity contribution in [3.63, 3.8) is 0 Å². The molecule has 0 aliphatic heterocycles. The summed E-state index contributed by atoms with van der Waals surface area (Å²) in [5.74, 6) is -1.47.